The maximum Gasteiger partial charge on any atom is 0.273 e. The van der Waals surface area contributed by atoms with Crippen molar-refractivity contribution in [1.82, 2.24) is 14.9 Å². The van der Waals surface area contributed by atoms with Gasteiger partial charge in [0, 0.05) is 11.3 Å². The average Bonchev–Trinajstić information content (AvgIpc) is 3.48. The summed E-state index contributed by atoms with van der Waals surface area (Å²) in [5, 5.41) is 13.1. The van der Waals surface area contributed by atoms with E-state index in [1.807, 2.05) is 53.2 Å². The number of ether oxygens (including phenoxy) is 1. The van der Waals surface area contributed by atoms with Gasteiger partial charge in [-0.2, -0.15) is 0 Å². The molecule has 7 heteroatoms. The van der Waals surface area contributed by atoms with E-state index in [2.05, 4.69) is 22.3 Å². The summed E-state index contributed by atoms with van der Waals surface area (Å²) in [6.45, 7) is 0.843. The van der Waals surface area contributed by atoms with Gasteiger partial charge in [0.05, 0.1) is 6.54 Å². The van der Waals surface area contributed by atoms with Crippen LogP contribution in [0.5, 0.6) is 5.75 Å². The number of thioether (sulfide) groups is 1. The summed E-state index contributed by atoms with van der Waals surface area (Å²) in [7, 11) is 0. The van der Waals surface area contributed by atoms with E-state index in [-0.39, 0.29) is 12.5 Å². The molecule has 1 aromatic heterocycles. The average molecular weight is 443 g/mol. The summed E-state index contributed by atoms with van der Waals surface area (Å²) >= 11 is 1.61. The predicted octanol–water partition coefficient (Wildman–Crippen LogP) is 4.38. The van der Waals surface area contributed by atoms with Crippen LogP contribution in [0, 0.1) is 0 Å². The molecule has 160 valence electrons. The van der Waals surface area contributed by atoms with Crippen LogP contribution in [0.1, 0.15) is 33.7 Å². The fourth-order valence-electron chi connectivity index (χ4n) is 4.57. The van der Waals surface area contributed by atoms with Gasteiger partial charge in [-0.15, -0.1) is 10.2 Å². The Morgan fingerprint density at radius 2 is 1.88 bits per heavy atom. The number of aryl methyl sites for hydroxylation is 2. The molecule has 3 aromatic carbocycles. The zero-order chi connectivity index (χ0) is 21.5. The molecular weight excluding hydrogens is 420 g/mol. The molecule has 32 heavy (non-hydrogen) atoms. The lowest BCUT2D eigenvalue weighted by Gasteiger charge is -2.29. The second-order valence-electron chi connectivity index (χ2n) is 8.09. The quantitative estimate of drug-likeness (QED) is 0.469. The molecule has 1 aliphatic heterocycles. The van der Waals surface area contributed by atoms with E-state index in [0.29, 0.717) is 17.9 Å². The molecule has 0 radical (unpaired) electrons. The van der Waals surface area contributed by atoms with Crippen molar-refractivity contribution >= 4 is 28.4 Å². The highest BCUT2D eigenvalue weighted by atomic mass is 32.2. The standard InChI is InChI=1S/C25H22N4O2S/c30-24(22-10-4-7-18-5-1-2-9-21(18)22)28-13-14-32-25-27-26-23(29(25)28)16-31-20-12-11-17-6-3-8-19(17)15-20/h1-2,4-5,7,9-12,15H,3,6,8,13-14,16H2. The van der Waals surface area contributed by atoms with Crippen molar-refractivity contribution in [2.45, 2.75) is 31.0 Å². The highest BCUT2D eigenvalue weighted by Gasteiger charge is 2.29. The molecule has 0 bridgehead atoms. The van der Waals surface area contributed by atoms with Crippen LogP contribution in [0.25, 0.3) is 10.8 Å². The van der Waals surface area contributed by atoms with Gasteiger partial charge < -0.3 is 4.74 Å². The molecule has 0 saturated carbocycles. The summed E-state index contributed by atoms with van der Waals surface area (Å²) in [6.07, 6.45) is 3.46. The highest BCUT2D eigenvalue weighted by Crippen LogP contribution is 2.28. The van der Waals surface area contributed by atoms with Crippen molar-refractivity contribution in [2.24, 2.45) is 0 Å². The van der Waals surface area contributed by atoms with Crippen LogP contribution in [0.4, 0.5) is 0 Å². The van der Waals surface area contributed by atoms with Crippen LogP contribution in [0.15, 0.2) is 65.8 Å². The second-order valence-corrected chi connectivity index (χ2v) is 9.15. The molecule has 0 spiro atoms. The monoisotopic (exact) mass is 442 g/mol. The van der Waals surface area contributed by atoms with Gasteiger partial charge in [0.25, 0.3) is 5.91 Å². The zero-order valence-electron chi connectivity index (χ0n) is 17.5. The van der Waals surface area contributed by atoms with E-state index in [4.69, 9.17) is 4.74 Å². The number of hydrogen-bond acceptors (Lipinski definition) is 5. The fourth-order valence-corrected chi connectivity index (χ4v) is 5.44. The number of benzene rings is 3. The maximum atomic E-state index is 13.6. The van der Waals surface area contributed by atoms with Gasteiger partial charge in [-0.1, -0.05) is 54.2 Å². The SMILES string of the molecule is O=C(c1cccc2ccccc12)N1CCSc2nnc(COc3ccc4c(c3)CCC4)n21. The molecule has 6 nitrogen and oxygen atoms in total. The van der Waals surface area contributed by atoms with Crippen LogP contribution < -0.4 is 9.75 Å². The Hall–Kier alpha value is -3.32. The Labute approximate surface area is 190 Å². The molecule has 0 atom stereocenters. The minimum atomic E-state index is -0.0538. The molecule has 0 fully saturated rings. The Kier molecular flexibility index (Phi) is 4.83. The highest BCUT2D eigenvalue weighted by molar-refractivity contribution is 7.99. The van der Waals surface area contributed by atoms with Crippen molar-refractivity contribution in [2.75, 3.05) is 17.3 Å². The number of amides is 1. The van der Waals surface area contributed by atoms with Crippen LogP contribution in [0.2, 0.25) is 0 Å². The third kappa shape index (κ3) is 3.33. The maximum absolute atomic E-state index is 13.6. The molecular formula is C25H22N4O2S. The van der Waals surface area contributed by atoms with Crippen molar-refractivity contribution in [3.8, 4) is 5.75 Å². The fraction of sp³-hybridized carbons (Fsp3) is 0.240. The van der Waals surface area contributed by atoms with E-state index in [1.165, 1.54) is 17.5 Å². The summed E-state index contributed by atoms with van der Waals surface area (Å²) in [5.41, 5.74) is 3.47. The minimum Gasteiger partial charge on any atom is -0.486 e. The van der Waals surface area contributed by atoms with Gasteiger partial charge in [0.2, 0.25) is 5.16 Å². The lowest BCUT2D eigenvalue weighted by molar-refractivity contribution is 0.0954. The summed E-state index contributed by atoms with van der Waals surface area (Å²) < 4.78 is 7.90. The lowest BCUT2D eigenvalue weighted by atomic mass is 10.0. The third-order valence-electron chi connectivity index (χ3n) is 6.14. The van der Waals surface area contributed by atoms with Crippen molar-refractivity contribution in [1.29, 1.82) is 0 Å². The van der Waals surface area contributed by atoms with Gasteiger partial charge in [-0.3, -0.25) is 4.79 Å². The van der Waals surface area contributed by atoms with Crippen molar-refractivity contribution < 1.29 is 9.53 Å². The molecule has 1 aliphatic carbocycles. The third-order valence-corrected chi connectivity index (χ3v) is 7.04. The first-order valence-corrected chi connectivity index (χ1v) is 11.9. The number of carbonyl (C=O) groups excluding carboxylic acids is 1. The summed E-state index contributed by atoms with van der Waals surface area (Å²) in [5.74, 6) is 2.18. The predicted molar refractivity (Wildman–Crippen MR) is 125 cm³/mol. The first kappa shape index (κ1) is 19.4. The Balaban J connectivity index is 1.30. The topological polar surface area (TPSA) is 60.3 Å². The normalized spacial score (nSPS) is 14.9. The Morgan fingerprint density at radius 1 is 1.00 bits per heavy atom. The number of carbonyl (C=O) groups is 1. The van der Waals surface area contributed by atoms with Crippen LogP contribution in [-0.2, 0) is 19.4 Å². The Morgan fingerprint density at radius 3 is 2.84 bits per heavy atom. The molecule has 4 aromatic rings. The molecule has 1 amide bonds. The largest absolute Gasteiger partial charge is 0.486 e. The van der Waals surface area contributed by atoms with E-state index >= 15 is 0 Å². The van der Waals surface area contributed by atoms with Gasteiger partial charge in [0.1, 0.15) is 12.4 Å². The van der Waals surface area contributed by atoms with Gasteiger partial charge >= 0.3 is 0 Å². The number of nitrogens with zero attached hydrogens (tertiary/aromatic N) is 4. The van der Waals surface area contributed by atoms with Crippen molar-refractivity contribution in [3.63, 3.8) is 0 Å². The van der Waals surface area contributed by atoms with Gasteiger partial charge in [0.15, 0.2) is 5.82 Å². The summed E-state index contributed by atoms with van der Waals surface area (Å²) in [4.78, 5) is 13.6. The second kappa shape index (κ2) is 7.98. The number of aromatic nitrogens is 3. The van der Waals surface area contributed by atoms with Crippen LogP contribution in [-0.4, -0.2) is 33.1 Å². The zero-order valence-corrected chi connectivity index (χ0v) is 18.3. The van der Waals surface area contributed by atoms with E-state index in [1.54, 1.807) is 16.8 Å². The van der Waals surface area contributed by atoms with E-state index in [9.17, 15) is 4.79 Å². The lowest BCUT2D eigenvalue weighted by Crippen LogP contribution is -2.45. The molecule has 6 rings (SSSR count). The van der Waals surface area contributed by atoms with E-state index in [0.717, 1.165) is 40.3 Å². The number of hydrogen-bond donors (Lipinski definition) is 0. The smallest absolute Gasteiger partial charge is 0.273 e. The number of rotatable bonds is 4. The van der Waals surface area contributed by atoms with Crippen LogP contribution in [0.3, 0.4) is 0 Å². The molecule has 0 N–H and O–H groups in total. The first-order chi connectivity index (χ1) is 15.8. The minimum absolute atomic E-state index is 0.0538. The molecule has 2 aliphatic rings. The van der Waals surface area contributed by atoms with Gasteiger partial charge in [-0.25, -0.2) is 9.69 Å². The van der Waals surface area contributed by atoms with Crippen LogP contribution >= 0.6 is 11.8 Å². The molecule has 0 saturated heterocycles. The Bertz CT molecular complexity index is 1330. The molecule has 2 heterocycles. The number of fused-ring (bicyclic) bond motifs is 3. The van der Waals surface area contributed by atoms with Crippen molar-refractivity contribution in [3.05, 3.63) is 83.2 Å². The van der Waals surface area contributed by atoms with Gasteiger partial charge in [-0.05, 0) is 59.4 Å². The van der Waals surface area contributed by atoms with E-state index < -0.39 is 0 Å². The molecule has 0 unspecified atom stereocenters. The first-order valence-electron chi connectivity index (χ1n) is 10.9. The summed E-state index contributed by atoms with van der Waals surface area (Å²) in [6, 6.07) is 20.1.